The molecule has 44 valence electrons. The quantitative estimate of drug-likeness (QED) is 0.493. The lowest BCUT2D eigenvalue weighted by atomic mass is 10.1. The van der Waals surface area contributed by atoms with Gasteiger partial charge in [0, 0.05) is 12.5 Å². The maximum Gasteiger partial charge on any atom is 0.126 e. The van der Waals surface area contributed by atoms with Crippen molar-refractivity contribution in [1.29, 1.82) is 0 Å². The highest BCUT2D eigenvalue weighted by molar-refractivity contribution is 5.56. The highest BCUT2D eigenvalue weighted by atomic mass is 16.1. The molecule has 1 N–H and O–H groups in total. The third kappa shape index (κ3) is 1.09. The van der Waals surface area contributed by atoms with E-state index in [2.05, 4.69) is 5.32 Å². The molecule has 0 radical (unpaired) electrons. The van der Waals surface area contributed by atoms with Crippen molar-refractivity contribution >= 4 is 6.29 Å². The molecule has 2 heteroatoms. The third-order valence-corrected chi connectivity index (χ3v) is 1.26. The van der Waals surface area contributed by atoms with Crippen LogP contribution in [0.5, 0.6) is 0 Å². The van der Waals surface area contributed by atoms with E-state index >= 15 is 0 Å². The third-order valence-electron chi connectivity index (χ3n) is 1.26. The van der Waals surface area contributed by atoms with Crippen LogP contribution in [0.3, 0.4) is 0 Å². The van der Waals surface area contributed by atoms with Crippen LogP contribution >= 0.6 is 0 Å². The summed E-state index contributed by atoms with van der Waals surface area (Å²) in [6.45, 7) is 0.930. The van der Waals surface area contributed by atoms with Gasteiger partial charge in [-0.2, -0.15) is 0 Å². The second-order valence-corrected chi connectivity index (χ2v) is 1.90. The average molecular weight is 111 g/mol. The maximum atomic E-state index is 10.1. The molecule has 1 heterocycles. The minimum absolute atomic E-state index is 0.163. The summed E-state index contributed by atoms with van der Waals surface area (Å²) in [7, 11) is 0. The average Bonchev–Trinajstić information content (AvgIpc) is 1.90. The molecule has 0 aromatic rings. The summed E-state index contributed by atoms with van der Waals surface area (Å²) >= 11 is 0. The van der Waals surface area contributed by atoms with Crippen LogP contribution < -0.4 is 5.32 Å². The van der Waals surface area contributed by atoms with E-state index in [0.29, 0.717) is 0 Å². The minimum Gasteiger partial charge on any atom is -0.391 e. The molecule has 1 aliphatic heterocycles. The van der Waals surface area contributed by atoms with Gasteiger partial charge in [0.2, 0.25) is 0 Å². The molecule has 8 heavy (non-hydrogen) atoms. The van der Waals surface area contributed by atoms with Crippen molar-refractivity contribution in [2.24, 2.45) is 5.92 Å². The van der Waals surface area contributed by atoms with Gasteiger partial charge in [0.25, 0.3) is 0 Å². The number of nitrogens with one attached hydrogen (secondary N) is 1. The van der Waals surface area contributed by atoms with Gasteiger partial charge in [-0.1, -0.05) is 6.08 Å². The Bertz CT molecular complexity index is 109. The predicted molar refractivity (Wildman–Crippen MR) is 31.3 cm³/mol. The van der Waals surface area contributed by atoms with Crippen molar-refractivity contribution < 1.29 is 4.79 Å². The molecule has 1 atom stereocenters. The summed E-state index contributed by atoms with van der Waals surface area (Å²) in [5.74, 6) is 0.163. The van der Waals surface area contributed by atoms with Crippen molar-refractivity contribution in [1.82, 2.24) is 5.32 Å². The predicted octanol–water partition coefficient (Wildman–Crippen LogP) is 0.308. The SMILES string of the molecule is O=CC1C=CNCC1. The molecule has 0 bridgehead atoms. The van der Waals surface area contributed by atoms with Crippen LogP contribution in [0.4, 0.5) is 0 Å². The van der Waals surface area contributed by atoms with Crippen LogP contribution in [0.2, 0.25) is 0 Å². The lowest BCUT2D eigenvalue weighted by molar-refractivity contribution is -0.110. The Hall–Kier alpha value is -0.790. The number of hydrogen-bond acceptors (Lipinski definition) is 2. The molecular weight excluding hydrogens is 102 g/mol. The van der Waals surface area contributed by atoms with E-state index in [4.69, 9.17) is 0 Å². The van der Waals surface area contributed by atoms with E-state index in [1.54, 1.807) is 0 Å². The molecule has 1 aliphatic rings. The molecule has 0 fully saturated rings. The first-order valence-corrected chi connectivity index (χ1v) is 2.79. The molecule has 0 aromatic carbocycles. The smallest absolute Gasteiger partial charge is 0.126 e. The first-order chi connectivity index (χ1) is 3.93. The molecule has 0 spiro atoms. The molecule has 2 nitrogen and oxygen atoms in total. The van der Waals surface area contributed by atoms with Gasteiger partial charge in [0.1, 0.15) is 6.29 Å². The fraction of sp³-hybridized carbons (Fsp3) is 0.500. The van der Waals surface area contributed by atoms with Gasteiger partial charge in [-0.25, -0.2) is 0 Å². The van der Waals surface area contributed by atoms with Crippen molar-refractivity contribution in [2.75, 3.05) is 6.54 Å². The summed E-state index contributed by atoms with van der Waals surface area (Å²) in [5, 5.41) is 3.01. The van der Waals surface area contributed by atoms with Gasteiger partial charge in [-0.3, -0.25) is 0 Å². The van der Waals surface area contributed by atoms with Crippen LogP contribution in [0.15, 0.2) is 12.3 Å². The standard InChI is InChI=1S/C6H9NO/c8-5-6-1-3-7-4-2-6/h1,3,5-7H,2,4H2. The molecule has 0 saturated carbocycles. The van der Waals surface area contributed by atoms with Crippen molar-refractivity contribution in [3.8, 4) is 0 Å². The van der Waals surface area contributed by atoms with Gasteiger partial charge in [-0.05, 0) is 12.6 Å². The fourth-order valence-electron chi connectivity index (χ4n) is 0.735. The molecular formula is C6H9NO. The minimum atomic E-state index is 0.163. The first kappa shape index (κ1) is 5.35. The number of aldehydes is 1. The van der Waals surface area contributed by atoms with E-state index < -0.39 is 0 Å². The zero-order valence-electron chi connectivity index (χ0n) is 4.63. The van der Waals surface area contributed by atoms with Crippen LogP contribution in [-0.4, -0.2) is 12.8 Å². The maximum absolute atomic E-state index is 10.1. The Kier molecular flexibility index (Phi) is 1.67. The Labute approximate surface area is 48.6 Å². The van der Waals surface area contributed by atoms with Crippen LogP contribution in [0.1, 0.15) is 6.42 Å². The van der Waals surface area contributed by atoms with E-state index in [1.165, 1.54) is 0 Å². The summed E-state index contributed by atoms with van der Waals surface area (Å²) in [6.07, 6.45) is 5.65. The molecule has 0 saturated heterocycles. The normalized spacial score (nSPS) is 26.8. The van der Waals surface area contributed by atoms with Crippen molar-refractivity contribution in [3.05, 3.63) is 12.3 Å². The highest BCUT2D eigenvalue weighted by Gasteiger charge is 2.03. The summed E-state index contributed by atoms with van der Waals surface area (Å²) < 4.78 is 0. The van der Waals surface area contributed by atoms with E-state index in [0.717, 1.165) is 19.3 Å². The number of rotatable bonds is 1. The van der Waals surface area contributed by atoms with Crippen LogP contribution in [0, 0.1) is 5.92 Å². The zero-order valence-corrected chi connectivity index (χ0v) is 4.63. The van der Waals surface area contributed by atoms with Crippen molar-refractivity contribution in [2.45, 2.75) is 6.42 Å². The van der Waals surface area contributed by atoms with Gasteiger partial charge < -0.3 is 10.1 Å². The Morgan fingerprint density at radius 3 is 3.00 bits per heavy atom. The van der Waals surface area contributed by atoms with Gasteiger partial charge in [0.15, 0.2) is 0 Å². The molecule has 0 amide bonds. The lowest BCUT2D eigenvalue weighted by Crippen LogP contribution is -2.17. The molecule has 1 unspecified atom stereocenters. The van der Waals surface area contributed by atoms with Gasteiger partial charge in [0.05, 0.1) is 0 Å². The topological polar surface area (TPSA) is 29.1 Å². The molecule has 1 rings (SSSR count). The van der Waals surface area contributed by atoms with Gasteiger partial charge in [-0.15, -0.1) is 0 Å². The zero-order chi connectivity index (χ0) is 5.82. The van der Waals surface area contributed by atoms with Crippen molar-refractivity contribution in [3.63, 3.8) is 0 Å². The fourth-order valence-corrected chi connectivity index (χ4v) is 0.735. The van der Waals surface area contributed by atoms with Crippen LogP contribution in [-0.2, 0) is 4.79 Å². The number of carbonyl (C=O) groups is 1. The summed E-state index contributed by atoms with van der Waals surface area (Å²) in [6, 6.07) is 0. The first-order valence-electron chi connectivity index (χ1n) is 2.79. The second-order valence-electron chi connectivity index (χ2n) is 1.90. The number of hydrogen-bond donors (Lipinski definition) is 1. The highest BCUT2D eigenvalue weighted by Crippen LogP contribution is 2.02. The number of carbonyl (C=O) groups excluding carboxylic acids is 1. The molecule has 0 aliphatic carbocycles. The largest absolute Gasteiger partial charge is 0.391 e. The summed E-state index contributed by atoms with van der Waals surface area (Å²) in [5.41, 5.74) is 0. The lowest BCUT2D eigenvalue weighted by Gasteiger charge is -2.09. The van der Waals surface area contributed by atoms with E-state index in [1.807, 2.05) is 12.3 Å². The Balaban J connectivity index is 2.42. The Morgan fingerprint density at radius 2 is 2.62 bits per heavy atom. The van der Waals surface area contributed by atoms with Gasteiger partial charge >= 0.3 is 0 Å². The van der Waals surface area contributed by atoms with E-state index in [-0.39, 0.29) is 5.92 Å². The van der Waals surface area contributed by atoms with E-state index in [9.17, 15) is 4.79 Å². The Morgan fingerprint density at radius 1 is 1.75 bits per heavy atom. The molecule has 0 aromatic heterocycles. The monoisotopic (exact) mass is 111 g/mol. The second kappa shape index (κ2) is 2.50. The number of allylic oxidation sites excluding steroid dienone is 1. The van der Waals surface area contributed by atoms with Crippen LogP contribution in [0.25, 0.3) is 0 Å². The summed E-state index contributed by atoms with van der Waals surface area (Å²) in [4.78, 5) is 10.1.